The van der Waals surface area contributed by atoms with Gasteiger partial charge in [-0.15, -0.1) is 9.24 Å². The van der Waals surface area contributed by atoms with Crippen LogP contribution in [0.3, 0.4) is 0 Å². The van der Waals surface area contributed by atoms with Crippen LogP contribution in [0.15, 0.2) is 30.3 Å². The Morgan fingerprint density at radius 2 is 1.63 bits per heavy atom. The summed E-state index contributed by atoms with van der Waals surface area (Å²) in [6, 6.07) is 10.0. The predicted molar refractivity (Wildman–Crippen MR) is 92.6 cm³/mol. The molecule has 1 atom stereocenters. The van der Waals surface area contributed by atoms with Crippen molar-refractivity contribution < 1.29 is 4.79 Å². The first-order valence-electron chi connectivity index (χ1n) is 6.08. The Hall–Kier alpha value is -0.730. The number of aryl methyl sites for hydroxylation is 3. The third-order valence-corrected chi connectivity index (χ3v) is 4.56. The Kier molecular flexibility index (Phi) is 4.42. The molecule has 0 radical (unpaired) electrons. The average Bonchev–Trinajstić information content (AvgIpc) is 2.26. The summed E-state index contributed by atoms with van der Waals surface area (Å²) in [7, 11) is 2.66. The molecule has 0 saturated carbocycles. The molecule has 2 aromatic carbocycles. The molecule has 0 amide bonds. The number of halogens is 1. The van der Waals surface area contributed by atoms with Crippen LogP contribution in [0.5, 0.6) is 0 Å². The van der Waals surface area contributed by atoms with Gasteiger partial charge in [-0.05, 0) is 65.9 Å². The summed E-state index contributed by atoms with van der Waals surface area (Å²) in [5.74, 6) is 0.116. The first-order chi connectivity index (χ1) is 8.91. The third-order valence-electron chi connectivity index (χ3n) is 3.18. The van der Waals surface area contributed by atoms with Crippen LogP contribution in [0.2, 0.25) is 0 Å². The van der Waals surface area contributed by atoms with Crippen molar-refractivity contribution >= 4 is 42.9 Å². The number of carbonyl (C=O) groups is 1. The van der Waals surface area contributed by atoms with Gasteiger partial charge in [-0.3, -0.25) is 4.79 Å². The number of ketones is 1. The Morgan fingerprint density at radius 1 is 1.05 bits per heavy atom. The number of rotatable bonds is 2. The van der Waals surface area contributed by atoms with Gasteiger partial charge in [0.25, 0.3) is 0 Å². The number of hydrogen-bond donors (Lipinski definition) is 0. The standard InChI is InChI=1S/C16H16IOP/c1-9-7-10(2)14(11(3)8-9)16(18)15-12(17)5-4-6-13(15)19/h4-8H,19H2,1-3H3. The summed E-state index contributed by atoms with van der Waals surface area (Å²) in [6.45, 7) is 6.07. The van der Waals surface area contributed by atoms with E-state index in [-0.39, 0.29) is 5.78 Å². The summed E-state index contributed by atoms with van der Waals surface area (Å²) in [5.41, 5.74) is 4.92. The average molecular weight is 382 g/mol. The fraction of sp³-hybridized carbons (Fsp3) is 0.188. The molecule has 3 heteroatoms. The molecule has 2 aromatic rings. The van der Waals surface area contributed by atoms with Crippen LogP contribution < -0.4 is 5.30 Å². The van der Waals surface area contributed by atoms with Crippen molar-refractivity contribution in [1.29, 1.82) is 0 Å². The lowest BCUT2D eigenvalue weighted by molar-refractivity contribution is 0.103. The molecule has 0 aliphatic carbocycles. The topological polar surface area (TPSA) is 17.1 Å². The summed E-state index contributed by atoms with van der Waals surface area (Å²) in [5, 5.41) is 0.955. The van der Waals surface area contributed by atoms with Crippen molar-refractivity contribution in [3.8, 4) is 0 Å². The van der Waals surface area contributed by atoms with Crippen molar-refractivity contribution in [3.63, 3.8) is 0 Å². The monoisotopic (exact) mass is 382 g/mol. The second-order valence-corrected chi connectivity index (χ2v) is 6.59. The van der Waals surface area contributed by atoms with Crippen LogP contribution in [-0.2, 0) is 0 Å². The smallest absolute Gasteiger partial charge is 0.195 e. The van der Waals surface area contributed by atoms with E-state index in [0.717, 1.165) is 31.1 Å². The molecule has 2 rings (SSSR count). The van der Waals surface area contributed by atoms with E-state index in [1.54, 1.807) is 0 Å². The zero-order chi connectivity index (χ0) is 14.2. The van der Waals surface area contributed by atoms with Crippen molar-refractivity contribution in [2.45, 2.75) is 20.8 Å². The predicted octanol–water partition coefficient (Wildman–Crippen LogP) is 3.95. The maximum atomic E-state index is 12.8. The molecule has 0 heterocycles. The van der Waals surface area contributed by atoms with Gasteiger partial charge in [0.1, 0.15) is 0 Å². The van der Waals surface area contributed by atoms with Crippen LogP contribution >= 0.6 is 31.8 Å². The van der Waals surface area contributed by atoms with Gasteiger partial charge in [0.05, 0.1) is 0 Å². The lowest BCUT2D eigenvalue weighted by Crippen LogP contribution is -2.15. The maximum absolute atomic E-state index is 12.8. The molecule has 0 aliphatic heterocycles. The molecule has 98 valence electrons. The van der Waals surface area contributed by atoms with E-state index >= 15 is 0 Å². The Morgan fingerprint density at radius 3 is 2.16 bits per heavy atom. The van der Waals surface area contributed by atoms with Gasteiger partial charge in [-0.2, -0.15) is 0 Å². The molecule has 0 aromatic heterocycles. The van der Waals surface area contributed by atoms with Crippen LogP contribution in [-0.4, -0.2) is 5.78 Å². The van der Waals surface area contributed by atoms with Crippen molar-refractivity contribution in [2.24, 2.45) is 0 Å². The van der Waals surface area contributed by atoms with E-state index < -0.39 is 0 Å². The molecular weight excluding hydrogens is 366 g/mol. The Balaban J connectivity index is 2.64. The van der Waals surface area contributed by atoms with Crippen molar-refractivity contribution in [2.75, 3.05) is 0 Å². The number of hydrogen-bond acceptors (Lipinski definition) is 1. The van der Waals surface area contributed by atoms with E-state index in [9.17, 15) is 4.79 Å². The van der Waals surface area contributed by atoms with Gasteiger partial charge >= 0.3 is 0 Å². The Bertz CT molecular complexity index is 619. The highest BCUT2D eigenvalue weighted by atomic mass is 127. The summed E-state index contributed by atoms with van der Waals surface area (Å²) >= 11 is 2.22. The van der Waals surface area contributed by atoms with E-state index in [0.29, 0.717) is 0 Å². The van der Waals surface area contributed by atoms with Gasteiger partial charge in [0.15, 0.2) is 5.78 Å². The van der Waals surface area contributed by atoms with Gasteiger partial charge in [0, 0.05) is 14.7 Å². The first-order valence-corrected chi connectivity index (χ1v) is 7.74. The molecule has 1 nitrogen and oxygen atoms in total. The largest absolute Gasteiger partial charge is 0.289 e. The summed E-state index contributed by atoms with van der Waals surface area (Å²) < 4.78 is 0.995. The van der Waals surface area contributed by atoms with Crippen LogP contribution in [0.25, 0.3) is 0 Å². The minimum absolute atomic E-state index is 0.116. The highest BCUT2D eigenvalue weighted by molar-refractivity contribution is 14.1. The molecule has 0 saturated heterocycles. The summed E-state index contributed by atoms with van der Waals surface area (Å²) in [6.07, 6.45) is 0. The fourth-order valence-electron chi connectivity index (χ4n) is 2.44. The summed E-state index contributed by atoms with van der Waals surface area (Å²) in [4.78, 5) is 12.8. The maximum Gasteiger partial charge on any atom is 0.195 e. The van der Waals surface area contributed by atoms with Crippen LogP contribution in [0.1, 0.15) is 32.6 Å². The highest BCUT2D eigenvalue weighted by Crippen LogP contribution is 2.22. The van der Waals surface area contributed by atoms with E-state index in [1.165, 1.54) is 5.56 Å². The third kappa shape index (κ3) is 2.90. The van der Waals surface area contributed by atoms with E-state index in [1.807, 2.05) is 32.0 Å². The van der Waals surface area contributed by atoms with Crippen LogP contribution in [0, 0.1) is 24.3 Å². The molecule has 19 heavy (non-hydrogen) atoms. The highest BCUT2D eigenvalue weighted by Gasteiger charge is 2.19. The number of carbonyl (C=O) groups excluding carboxylic acids is 1. The molecule has 0 fully saturated rings. The van der Waals surface area contributed by atoms with Crippen LogP contribution in [0.4, 0.5) is 0 Å². The normalized spacial score (nSPS) is 10.6. The minimum Gasteiger partial charge on any atom is -0.289 e. The van der Waals surface area contributed by atoms with Gasteiger partial charge in [-0.25, -0.2) is 0 Å². The second-order valence-electron chi connectivity index (χ2n) is 4.81. The molecule has 1 unspecified atom stereocenters. The molecule has 0 aliphatic rings. The van der Waals surface area contributed by atoms with Crippen molar-refractivity contribution in [3.05, 3.63) is 61.7 Å². The van der Waals surface area contributed by atoms with Gasteiger partial charge in [0.2, 0.25) is 0 Å². The molecule has 0 N–H and O–H groups in total. The Labute approximate surface area is 130 Å². The van der Waals surface area contributed by atoms with Crippen molar-refractivity contribution in [1.82, 2.24) is 0 Å². The molecular formula is C16H16IOP. The zero-order valence-electron chi connectivity index (χ0n) is 11.3. The quantitative estimate of drug-likeness (QED) is 0.437. The van der Waals surface area contributed by atoms with Gasteiger partial charge < -0.3 is 0 Å². The lowest BCUT2D eigenvalue weighted by atomic mass is 9.93. The number of benzene rings is 2. The SMILES string of the molecule is Cc1cc(C)c(C(=O)c2c(P)cccc2I)c(C)c1. The zero-order valence-corrected chi connectivity index (χ0v) is 14.6. The lowest BCUT2D eigenvalue weighted by Gasteiger charge is -2.13. The minimum atomic E-state index is 0.116. The second kappa shape index (κ2) is 5.72. The first kappa shape index (κ1) is 14.7. The molecule has 0 spiro atoms. The van der Waals surface area contributed by atoms with E-state index in [4.69, 9.17) is 0 Å². The molecule has 0 bridgehead atoms. The van der Waals surface area contributed by atoms with Gasteiger partial charge in [-0.1, -0.05) is 29.8 Å². The fourth-order valence-corrected chi connectivity index (χ4v) is 3.90. The van der Waals surface area contributed by atoms with E-state index in [2.05, 4.69) is 50.9 Å².